The molecule has 0 aliphatic heterocycles. The Labute approximate surface area is 169 Å². The van der Waals surface area contributed by atoms with Crippen LogP contribution in [0.5, 0.6) is 0 Å². The summed E-state index contributed by atoms with van der Waals surface area (Å²) in [6.07, 6.45) is 5.24. The van der Waals surface area contributed by atoms with E-state index in [-0.39, 0.29) is 11.2 Å². The lowest BCUT2D eigenvalue weighted by Gasteiger charge is -2.24. The first-order chi connectivity index (χ1) is 13.7. The molecule has 1 aromatic carbocycles. The zero-order valence-electron chi connectivity index (χ0n) is 16.0. The maximum atomic E-state index is 13.0. The Morgan fingerprint density at radius 2 is 1.93 bits per heavy atom. The van der Waals surface area contributed by atoms with E-state index < -0.39 is 0 Å². The van der Waals surface area contributed by atoms with Crippen molar-refractivity contribution in [3.05, 3.63) is 67.5 Å². The van der Waals surface area contributed by atoms with Crippen LogP contribution in [0.1, 0.15) is 13.8 Å². The predicted molar refractivity (Wildman–Crippen MR) is 113 cm³/mol. The second-order valence-electron chi connectivity index (χ2n) is 6.12. The minimum absolute atomic E-state index is 0.0392. The molecule has 1 amide bonds. The van der Waals surface area contributed by atoms with Crippen molar-refractivity contribution in [1.29, 1.82) is 0 Å². The number of anilines is 1. The van der Waals surface area contributed by atoms with E-state index in [2.05, 4.69) is 21.8 Å². The quantitative estimate of drug-likeness (QED) is 0.427. The van der Waals surface area contributed by atoms with Crippen molar-refractivity contribution in [2.24, 2.45) is 0 Å². The highest BCUT2D eigenvalue weighted by molar-refractivity contribution is 8.00. The molecule has 2 heterocycles. The van der Waals surface area contributed by atoms with Crippen LogP contribution in [0.25, 0.3) is 11.4 Å². The van der Waals surface area contributed by atoms with E-state index in [1.807, 2.05) is 60.9 Å². The van der Waals surface area contributed by atoms with Crippen LogP contribution in [0, 0.1) is 0 Å². The summed E-state index contributed by atoms with van der Waals surface area (Å²) in [6, 6.07) is 13.5. The summed E-state index contributed by atoms with van der Waals surface area (Å²) < 4.78 is 1.97. The summed E-state index contributed by atoms with van der Waals surface area (Å²) in [4.78, 5) is 18.9. The highest BCUT2D eigenvalue weighted by Gasteiger charge is 2.24. The largest absolute Gasteiger partial charge is 0.312 e. The summed E-state index contributed by atoms with van der Waals surface area (Å²) in [6.45, 7) is 8.88. The van der Waals surface area contributed by atoms with Crippen molar-refractivity contribution in [2.75, 3.05) is 11.4 Å². The standard InChI is InChI=1S/C21H23N5OS/c1-4-15-26-19(17-11-13-22-14-12-17)23-24-21(26)28-16(3)20(27)25(5-2)18-9-7-6-8-10-18/h4,6-14,16H,1,5,15H2,2-3H3. The Hall–Kier alpha value is -2.93. The van der Waals surface area contributed by atoms with Crippen LogP contribution in [0.15, 0.2) is 72.7 Å². The summed E-state index contributed by atoms with van der Waals surface area (Å²) in [7, 11) is 0. The molecule has 0 N–H and O–H groups in total. The molecule has 2 aromatic heterocycles. The normalized spacial score (nSPS) is 11.8. The zero-order chi connectivity index (χ0) is 19.9. The van der Waals surface area contributed by atoms with Crippen LogP contribution in [-0.4, -0.2) is 37.5 Å². The van der Waals surface area contributed by atoms with Crippen molar-refractivity contribution in [1.82, 2.24) is 19.7 Å². The van der Waals surface area contributed by atoms with Crippen molar-refractivity contribution in [3.8, 4) is 11.4 Å². The van der Waals surface area contributed by atoms with Crippen molar-refractivity contribution in [3.63, 3.8) is 0 Å². The number of hydrogen-bond acceptors (Lipinski definition) is 5. The molecule has 0 fully saturated rings. The smallest absolute Gasteiger partial charge is 0.240 e. The maximum Gasteiger partial charge on any atom is 0.240 e. The fourth-order valence-electron chi connectivity index (χ4n) is 2.89. The molecule has 0 aliphatic rings. The van der Waals surface area contributed by atoms with Gasteiger partial charge in [-0.1, -0.05) is 36.0 Å². The maximum absolute atomic E-state index is 13.0. The van der Waals surface area contributed by atoms with Gasteiger partial charge in [0.2, 0.25) is 5.91 Å². The van der Waals surface area contributed by atoms with Gasteiger partial charge in [-0.15, -0.1) is 16.8 Å². The van der Waals surface area contributed by atoms with Crippen LogP contribution in [0.4, 0.5) is 5.69 Å². The van der Waals surface area contributed by atoms with Crippen LogP contribution in [-0.2, 0) is 11.3 Å². The number of aromatic nitrogens is 4. The van der Waals surface area contributed by atoms with E-state index >= 15 is 0 Å². The van der Waals surface area contributed by atoms with E-state index in [0.717, 1.165) is 17.1 Å². The molecular formula is C21H23N5OS. The van der Waals surface area contributed by atoms with Gasteiger partial charge < -0.3 is 4.90 Å². The first-order valence-electron chi connectivity index (χ1n) is 9.13. The van der Waals surface area contributed by atoms with E-state index in [0.29, 0.717) is 18.2 Å². The van der Waals surface area contributed by atoms with Crippen molar-refractivity contribution >= 4 is 23.4 Å². The van der Waals surface area contributed by atoms with Crippen LogP contribution < -0.4 is 4.90 Å². The summed E-state index contributed by atoms with van der Waals surface area (Å²) in [5.74, 6) is 0.775. The predicted octanol–water partition coefficient (Wildman–Crippen LogP) is 4.06. The lowest BCUT2D eigenvalue weighted by molar-refractivity contribution is -0.117. The number of rotatable bonds is 8. The molecule has 1 unspecified atom stereocenters. The molecule has 0 saturated carbocycles. The Morgan fingerprint density at radius 3 is 2.57 bits per heavy atom. The van der Waals surface area contributed by atoms with Gasteiger partial charge in [0.15, 0.2) is 11.0 Å². The van der Waals surface area contributed by atoms with Crippen LogP contribution in [0.2, 0.25) is 0 Å². The minimum atomic E-state index is -0.307. The molecule has 0 saturated heterocycles. The third kappa shape index (κ3) is 4.31. The molecule has 6 nitrogen and oxygen atoms in total. The number of nitrogens with zero attached hydrogens (tertiary/aromatic N) is 5. The van der Waals surface area contributed by atoms with Gasteiger partial charge >= 0.3 is 0 Å². The molecule has 7 heteroatoms. The first-order valence-corrected chi connectivity index (χ1v) is 10.0. The number of carbonyl (C=O) groups excluding carboxylic acids is 1. The Bertz CT molecular complexity index is 926. The summed E-state index contributed by atoms with van der Waals surface area (Å²) >= 11 is 1.41. The lowest BCUT2D eigenvalue weighted by atomic mass is 10.2. The van der Waals surface area contributed by atoms with Gasteiger partial charge in [-0.05, 0) is 38.1 Å². The molecule has 0 spiro atoms. The second kappa shape index (κ2) is 9.32. The number of carbonyl (C=O) groups is 1. The van der Waals surface area contributed by atoms with Crippen molar-refractivity contribution < 1.29 is 4.79 Å². The zero-order valence-corrected chi connectivity index (χ0v) is 16.8. The van der Waals surface area contributed by atoms with Gasteiger partial charge in [-0.25, -0.2) is 0 Å². The lowest BCUT2D eigenvalue weighted by Crippen LogP contribution is -2.36. The molecule has 28 heavy (non-hydrogen) atoms. The summed E-state index contributed by atoms with van der Waals surface area (Å²) in [5, 5.41) is 9.04. The molecule has 3 aromatic rings. The topological polar surface area (TPSA) is 63.9 Å². The molecule has 3 rings (SSSR count). The molecule has 1 atom stereocenters. The molecular weight excluding hydrogens is 370 g/mol. The highest BCUT2D eigenvalue weighted by Crippen LogP contribution is 2.28. The summed E-state index contributed by atoms with van der Waals surface area (Å²) in [5.41, 5.74) is 1.82. The fourth-order valence-corrected chi connectivity index (χ4v) is 3.81. The van der Waals surface area contributed by atoms with Gasteiger partial charge in [-0.3, -0.25) is 14.3 Å². The minimum Gasteiger partial charge on any atom is -0.312 e. The number of hydrogen-bond donors (Lipinski definition) is 0. The SMILES string of the molecule is C=CCn1c(SC(C)C(=O)N(CC)c2ccccc2)nnc1-c1ccncc1. The average molecular weight is 394 g/mol. The second-order valence-corrected chi connectivity index (χ2v) is 7.43. The number of benzene rings is 1. The molecule has 144 valence electrons. The van der Waals surface area contributed by atoms with E-state index in [1.165, 1.54) is 11.8 Å². The van der Waals surface area contributed by atoms with Gasteiger partial charge in [0.05, 0.1) is 5.25 Å². The van der Waals surface area contributed by atoms with Crippen molar-refractivity contribution in [2.45, 2.75) is 30.8 Å². The number of allylic oxidation sites excluding steroid dienone is 1. The van der Waals surface area contributed by atoms with E-state index in [1.54, 1.807) is 23.4 Å². The van der Waals surface area contributed by atoms with Gasteiger partial charge in [0.1, 0.15) is 0 Å². The highest BCUT2D eigenvalue weighted by atomic mass is 32.2. The number of amides is 1. The Kier molecular flexibility index (Phi) is 6.60. The number of para-hydroxylation sites is 1. The van der Waals surface area contributed by atoms with Gasteiger partial charge in [0, 0.05) is 36.7 Å². The Balaban J connectivity index is 1.83. The fraction of sp³-hybridized carbons (Fsp3) is 0.238. The molecule has 0 radical (unpaired) electrons. The van der Waals surface area contributed by atoms with Crippen LogP contribution in [0.3, 0.4) is 0 Å². The van der Waals surface area contributed by atoms with Gasteiger partial charge in [-0.2, -0.15) is 0 Å². The monoisotopic (exact) mass is 393 g/mol. The Morgan fingerprint density at radius 1 is 1.21 bits per heavy atom. The van der Waals surface area contributed by atoms with Gasteiger partial charge in [0.25, 0.3) is 0 Å². The third-order valence-electron chi connectivity index (χ3n) is 4.25. The van der Waals surface area contributed by atoms with E-state index in [4.69, 9.17) is 0 Å². The average Bonchev–Trinajstić information content (AvgIpc) is 3.12. The molecule has 0 aliphatic carbocycles. The number of thioether (sulfide) groups is 1. The van der Waals surface area contributed by atoms with Crippen LogP contribution >= 0.6 is 11.8 Å². The first kappa shape index (κ1) is 19.8. The van der Waals surface area contributed by atoms with E-state index in [9.17, 15) is 4.79 Å². The number of pyridine rings is 1. The molecule has 0 bridgehead atoms. The third-order valence-corrected chi connectivity index (χ3v) is 5.32.